The van der Waals surface area contributed by atoms with E-state index in [0.717, 1.165) is 11.0 Å². The van der Waals surface area contributed by atoms with Crippen molar-refractivity contribution in [1.29, 1.82) is 0 Å². The van der Waals surface area contributed by atoms with Gasteiger partial charge in [-0.2, -0.15) is 0 Å². The Morgan fingerprint density at radius 1 is 0.913 bits per heavy atom. The van der Waals surface area contributed by atoms with E-state index >= 15 is 0 Å². The second kappa shape index (κ2) is 14.3. The van der Waals surface area contributed by atoms with Crippen molar-refractivity contribution in [2.24, 2.45) is 0 Å². The van der Waals surface area contributed by atoms with Crippen LogP contribution < -0.4 is 0 Å². The van der Waals surface area contributed by atoms with E-state index in [1.54, 1.807) is 0 Å². The molecule has 0 saturated carbocycles. The summed E-state index contributed by atoms with van der Waals surface area (Å²) >= 11 is 2.41. The lowest BCUT2D eigenvalue weighted by atomic mass is 10.1. The van der Waals surface area contributed by atoms with Gasteiger partial charge in [-0.05, 0) is 24.5 Å². The molecule has 1 atom stereocenters. The average molecular weight is 430 g/mol. The van der Waals surface area contributed by atoms with Crippen molar-refractivity contribution in [2.45, 2.75) is 95.2 Å². The van der Waals surface area contributed by atoms with Crippen LogP contribution in [0.15, 0.2) is 24.3 Å². The van der Waals surface area contributed by atoms with Crippen molar-refractivity contribution in [2.75, 3.05) is 0 Å². The molecule has 0 aliphatic carbocycles. The SMILES string of the molecule is CCCCCCCCCCCC(C)OCc1cccc(CI)c1. The number of benzene rings is 1. The molecule has 1 aromatic carbocycles. The lowest BCUT2D eigenvalue weighted by molar-refractivity contribution is 0.0458. The van der Waals surface area contributed by atoms with Gasteiger partial charge in [0.2, 0.25) is 0 Å². The van der Waals surface area contributed by atoms with Gasteiger partial charge in [0.15, 0.2) is 0 Å². The van der Waals surface area contributed by atoms with Gasteiger partial charge in [-0.3, -0.25) is 0 Å². The smallest absolute Gasteiger partial charge is 0.0720 e. The highest BCUT2D eigenvalue weighted by atomic mass is 127. The van der Waals surface area contributed by atoms with Crippen LogP contribution in [0.5, 0.6) is 0 Å². The van der Waals surface area contributed by atoms with Crippen LogP contribution >= 0.6 is 22.6 Å². The quantitative estimate of drug-likeness (QED) is 0.169. The minimum Gasteiger partial charge on any atom is -0.374 e. The molecule has 1 nitrogen and oxygen atoms in total. The van der Waals surface area contributed by atoms with Gasteiger partial charge in [-0.25, -0.2) is 0 Å². The van der Waals surface area contributed by atoms with E-state index in [2.05, 4.69) is 60.7 Å². The summed E-state index contributed by atoms with van der Waals surface area (Å²) in [5.41, 5.74) is 2.69. The number of hydrogen-bond donors (Lipinski definition) is 0. The Morgan fingerprint density at radius 2 is 1.52 bits per heavy atom. The maximum atomic E-state index is 6.00. The van der Waals surface area contributed by atoms with Crippen molar-refractivity contribution < 1.29 is 4.74 Å². The molecule has 1 rings (SSSR count). The zero-order chi connectivity index (χ0) is 16.8. The lowest BCUT2D eigenvalue weighted by Crippen LogP contribution is -2.08. The Bertz CT molecular complexity index is 391. The second-order valence-electron chi connectivity index (χ2n) is 6.69. The van der Waals surface area contributed by atoms with Gasteiger partial charge in [-0.15, -0.1) is 0 Å². The Balaban J connectivity index is 1.98. The Hall–Kier alpha value is -0.0900. The third-order valence-electron chi connectivity index (χ3n) is 4.39. The summed E-state index contributed by atoms with van der Waals surface area (Å²) in [6.07, 6.45) is 14.1. The molecule has 0 bridgehead atoms. The predicted molar refractivity (Wildman–Crippen MR) is 110 cm³/mol. The fraction of sp³-hybridized carbons (Fsp3) is 0.714. The van der Waals surface area contributed by atoms with Gasteiger partial charge in [0.25, 0.3) is 0 Å². The van der Waals surface area contributed by atoms with Crippen molar-refractivity contribution in [3.05, 3.63) is 35.4 Å². The fourth-order valence-electron chi connectivity index (χ4n) is 2.87. The molecule has 0 heterocycles. The topological polar surface area (TPSA) is 9.23 Å². The first-order valence-electron chi connectivity index (χ1n) is 9.51. The summed E-state index contributed by atoms with van der Waals surface area (Å²) in [4.78, 5) is 0. The first-order valence-corrected chi connectivity index (χ1v) is 11.0. The van der Waals surface area contributed by atoms with Crippen molar-refractivity contribution >= 4 is 22.6 Å². The molecule has 0 spiro atoms. The van der Waals surface area contributed by atoms with Gasteiger partial charge >= 0.3 is 0 Å². The molecule has 2 heteroatoms. The third-order valence-corrected chi connectivity index (χ3v) is 5.28. The summed E-state index contributed by atoms with van der Waals surface area (Å²) in [6.45, 7) is 5.25. The molecular formula is C21H35IO. The van der Waals surface area contributed by atoms with E-state index in [1.807, 2.05) is 0 Å². The molecule has 0 aliphatic heterocycles. The van der Waals surface area contributed by atoms with Crippen molar-refractivity contribution in [1.82, 2.24) is 0 Å². The van der Waals surface area contributed by atoms with Crippen LogP contribution in [0.3, 0.4) is 0 Å². The first-order chi connectivity index (χ1) is 11.3. The van der Waals surface area contributed by atoms with Gasteiger partial charge in [0.1, 0.15) is 0 Å². The zero-order valence-electron chi connectivity index (χ0n) is 15.2. The minimum atomic E-state index is 0.378. The average Bonchev–Trinajstić information content (AvgIpc) is 2.58. The molecule has 1 aromatic rings. The van der Waals surface area contributed by atoms with Crippen LogP contribution in [0.25, 0.3) is 0 Å². The number of rotatable bonds is 14. The Kier molecular flexibility index (Phi) is 13.0. The maximum Gasteiger partial charge on any atom is 0.0720 e. The molecule has 0 fully saturated rings. The van der Waals surface area contributed by atoms with Crippen molar-refractivity contribution in [3.63, 3.8) is 0 Å². The molecule has 1 unspecified atom stereocenters. The van der Waals surface area contributed by atoms with E-state index in [-0.39, 0.29) is 0 Å². The number of hydrogen-bond acceptors (Lipinski definition) is 1. The first kappa shape index (κ1) is 21.0. The summed E-state index contributed by atoms with van der Waals surface area (Å²) in [7, 11) is 0. The highest BCUT2D eigenvalue weighted by Crippen LogP contribution is 2.14. The molecule has 23 heavy (non-hydrogen) atoms. The molecule has 0 aliphatic rings. The molecule has 0 saturated heterocycles. The van der Waals surface area contributed by atoms with Crippen LogP contribution in [-0.4, -0.2) is 6.10 Å². The molecule has 0 aromatic heterocycles. The second-order valence-corrected chi connectivity index (χ2v) is 7.46. The Labute approximate surface area is 157 Å². The van der Waals surface area contributed by atoms with Crippen LogP contribution in [0.1, 0.15) is 89.2 Å². The molecular weight excluding hydrogens is 395 g/mol. The van der Waals surface area contributed by atoms with Gasteiger partial charge in [0, 0.05) is 4.43 Å². The van der Waals surface area contributed by atoms with Crippen molar-refractivity contribution in [3.8, 4) is 0 Å². The Morgan fingerprint density at radius 3 is 2.17 bits per heavy atom. The monoisotopic (exact) mass is 430 g/mol. The van der Waals surface area contributed by atoms with Crippen LogP contribution in [0.2, 0.25) is 0 Å². The van der Waals surface area contributed by atoms with Gasteiger partial charge < -0.3 is 4.74 Å². The predicted octanol–water partition coefficient (Wildman–Crippen LogP) is 7.45. The fourth-order valence-corrected chi connectivity index (χ4v) is 3.34. The normalized spacial score (nSPS) is 12.5. The largest absolute Gasteiger partial charge is 0.374 e. The third kappa shape index (κ3) is 11.1. The number of halogens is 1. The van der Waals surface area contributed by atoms with E-state index in [0.29, 0.717) is 6.10 Å². The summed E-state index contributed by atoms with van der Waals surface area (Å²) in [6, 6.07) is 8.75. The minimum absolute atomic E-state index is 0.378. The highest BCUT2D eigenvalue weighted by molar-refractivity contribution is 14.1. The van der Waals surface area contributed by atoms with Crippen LogP contribution in [0.4, 0.5) is 0 Å². The number of alkyl halides is 1. The van der Waals surface area contributed by atoms with Gasteiger partial charge in [0.05, 0.1) is 12.7 Å². The summed E-state index contributed by atoms with van der Waals surface area (Å²) in [5.74, 6) is 0. The number of unbranched alkanes of at least 4 members (excludes halogenated alkanes) is 8. The van der Waals surface area contributed by atoms with E-state index in [1.165, 1.54) is 75.3 Å². The van der Waals surface area contributed by atoms with E-state index in [4.69, 9.17) is 4.74 Å². The van der Waals surface area contributed by atoms with Crippen LogP contribution in [-0.2, 0) is 15.8 Å². The zero-order valence-corrected chi connectivity index (χ0v) is 17.3. The highest BCUT2D eigenvalue weighted by Gasteiger charge is 2.03. The molecule has 0 radical (unpaired) electrons. The molecule has 0 N–H and O–H groups in total. The number of ether oxygens (including phenoxy) is 1. The van der Waals surface area contributed by atoms with Gasteiger partial charge in [-0.1, -0.05) is 112 Å². The van der Waals surface area contributed by atoms with Crippen LogP contribution in [0, 0.1) is 0 Å². The van der Waals surface area contributed by atoms with E-state index in [9.17, 15) is 0 Å². The standard InChI is InChI=1S/C21H35IO/c1-3-4-5-6-7-8-9-10-11-13-19(2)23-18-21-15-12-14-20(16-21)17-22/h12,14-16,19H,3-11,13,17-18H2,1-2H3. The lowest BCUT2D eigenvalue weighted by Gasteiger charge is -2.13. The summed E-state index contributed by atoms with van der Waals surface area (Å²) in [5, 5.41) is 0. The molecule has 132 valence electrons. The molecule has 0 amide bonds. The maximum absolute atomic E-state index is 6.00. The summed E-state index contributed by atoms with van der Waals surface area (Å²) < 4.78 is 7.07. The van der Waals surface area contributed by atoms with E-state index < -0.39 is 0 Å².